The maximum Gasteiger partial charge on any atom is 0.404 e. The van der Waals surface area contributed by atoms with Crippen LogP contribution < -0.4 is 5.73 Å². The van der Waals surface area contributed by atoms with Gasteiger partial charge in [-0.05, 0) is 27.9 Å². The number of hydrogen-bond acceptors (Lipinski definition) is 4. The zero-order valence-electron chi connectivity index (χ0n) is 9.11. The Labute approximate surface area is 84.2 Å². The highest BCUT2D eigenvalue weighted by atomic mass is 16.6. The van der Waals surface area contributed by atoms with E-state index in [2.05, 4.69) is 0 Å². The molecule has 0 aromatic carbocycles. The predicted molar refractivity (Wildman–Crippen MR) is 52.9 cm³/mol. The second-order valence-electron chi connectivity index (χ2n) is 4.13. The first-order valence-corrected chi connectivity index (χ1v) is 4.36. The van der Waals surface area contributed by atoms with Gasteiger partial charge in [0.25, 0.3) is 0 Å². The zero-order valence-corrected chi connectivity index (χ0v) is 9.11. The van der Waals surface area contributed by atoms with Gasteiger partial charge >= 0.3 is 6.09 Å². The molecule has 0 rings (SSSR count). The van der Waals surface area contributed by atoms with Crippen molar-refractivity contribution in [3.63, 3.8) is 0 Å². The number of primary amides is 1. The molecule has 0 radical (unpaired) electrons. The van der Waals surface area contributed by atoms with Crippen molar-refractivity contribution in [3.8, 4) is 0 Å². The number of carbonyl (C=O) groups excluding carboxylic acids is 2. The summed E-state index contributed by atoms with van der Waals surface area (Å²) in [7, 11) is 3.66. The van der Waals surface area contributed by atoms with Gasteiger partial charge in [-0.2, -0.15) is 0 Å². The highest BCUT2D eigenvalue weighted by Crippen LogP contribution is 2.20. The molecule has 5 heteroatoms. The highest BCUT2D eigenvalue weighted by Gasteiger charge is 2.32. The smallest absolute Gasteiger partial charge is 0.404 e. The summed E-state index contributed by atoms with van der Waals surface area (Å²) < 4.78 is 4.88. The lowest BCUT2D eigenvalue weighted by atomic mass is 9.88. The third kappa shape index (κ3) is 4.23. The number of amides is 1. The molecule has 1 amide bonds. The van der Waals surface area contributed by atoms with E-state index in [1.54, 1.807) is 13.8 Å². The van der Waals surface area contributed by atoms with E-state index in [0.717, 1.165) is 6.29 Å². The minimum absolute atomic E-state index is 0.467. The Hall–Kier alpha value is -1.10. The standard InChI is InChI=1S/C9H18N2O3/c1-9(2,6-12)7(5-11(3)4)14-8(10)13/h6-7H,5H2,1-4H3,(H2,10,13)/t7-/m1/s1. The molecule has 0 aromatic rings. The Morgan fingerprint density at radius 3 is 2.36 bits per heavy atom. The molecule has 0 aliphatic rings. The van der Waals surface area contributed by atoms with Crippen LogP contribution in [0.15, 0.2) is 0 Å². The first kappa shape index (κ1) is 12.9. The lowest BCUT2D eigenvalue weighted by Crippen LogP contribution is -2.43. The lowest BCUT2D eigenvalue weighted by molar-refractivity contribution is -0.120. The summed E-state index contributed by atoms with van der Waals surface area (Å²) in [6.45, 7) is 3.88. The topological polar surface area (TPSA) is 72.6 Å². The van der Waals surface area contributed by atoms with E-state index in [1.807, 2.05) is 19.0 Å². The summed E-state index contributed by atoms with van der Waals surface area (Å²) in [5.74, 6) is 0. The van der Waals surface area contributed by atoms with Crippen molar-refractivity contribution < 1.29 is 14.3 Å². The van der Waals surface area contributed by atoms with Crippen molar-refractivity contribution in [2.24, 2.45) is 11.1 Å². The third-order valence-corrected chi connectivity index (χ3v) is 1.92. The summed E-state index contributed by atoms with van der Waals surface area (Å²) in [4.78, 5) is 23.2. The molecule has 0 aliphatic heterocycles. The molecular formula is C9H18N2O3. The fourth-order valence-corrected chi connectivity index (χ4v) is 0.972. The van der Waals surface area contributed by atoms with Crippen LogP contribution in [0.3, 0.4) is 0 Å². The van der Waals surface area contributed by atoms with Crippen molar-refractivity contribution >= 4 is 12.4 Å². The van der Waals surface area contributed by atoms with Crippen molar-refractivity contribution in [1.82, 2.24) is 4.90 Å². The Morgan fingerprint density at radius 2 is 2.07 bits per heavy atom. The first-order valence-electron chi connectivity index (χ1n) is 4.36. The molecule has 1 atom stereocenters. The Bertz CT molecular complexity index is 214. The molecule has 0 saturated carbocycles. The second-order valence-corrected chi connectivity index (χ2v) is 4.13. The third-order valence-electron chi connectivity index (χ3n) is 1.92. The molecule has 0 saturated heterocycles. The number of ether oxygens (including phenoxy) is 1. The van der Waals surface area contributed by atoms with E-state index in [9.17, 15) is 9.59 Å². The van der Waals surface area contributed by atoms with Gasteiger partial charge in [0, 0.05) is 6.54 Å². The fourth-order valence-electron chi connectivity index (χ4n) is 0.972. The quantitative estimate of drug-likeness (QED) is 0.648. The van der Waals surface area contributed by atoms with Crippen LogP contribution in [0.5, 0.6) is 0 Å². The van der Waals surface area contributed by atoms with E-state index in [4.69, 9.17) is 10.5 Å². The normalized spacial score (nSPS) is 13.8. The molecule has 0 fully saturated rings. The lowest BCUT2D eigenvalue weighted by Gasteiger charge is -2.30. The van der Waals surface area contributed by atoms with Crippen LogP contribution in [0, 0.1) is 5.41 Å². The molecule has 0 unspecified atom stereocenters. The molecule has 14 heavy (non-hydrogen) atoms. The molecule has 0 spiro atoms. The number of aldehydes is 1. The van der Waals surface area contributed by atoms with Crippen LogP contribution in [0.4, 0.5) is 4.79 Å². The Balaban J connectivity index is 4.53. The molecule has 0 aromatic heterocycles. The van der Waals surface area contributed by atoms with Crippen molar-refractivity contribution in [3.05, 3.63) is 0 Å². The molecule has 5 nitrogen and oxygen atoms in total. The van der Waals surface area contributed by atoms with Crippen molar-refractivity contribution in [2.45, 2.75) is 20.0 Å². The minimum Gasteiger partial charge on any atom is -0.444 e. The van der Waals surface area contributed by atoms with Gasteiger partial charge in [-0.3, -0.25) is 0 Å². The zero-order chi connectivity index (χ0) is 11.4. The van der Waals surface area contributed by atoms with Gasteiger partial charge in [0.15, 0.2) is 0 Å². The molecular weight excluding hydrogens is 184 g/mol. The van der Waals surface area contributed by atoms with Gasteiger partial charge in [0.05, 0.1) is 5.41 Å². The molecule has 0 heterocycles. The summed E-state index contributed by atoms with van der Waals surface area (Å²) in [6.07, 6.45) is -0.608. The average Bonchev–Trinajstić information content (AvgIpc) is 2.01. The van der Waals surface area contributed by atoms with Crippen molar-refractivity contribution in [1.29, 1.82) is 0 Å². The number of hydrogen-bond donors (Lipinski definition) is 1. The highest BCUT2D eigenvalue weighted by molar-refractivity contribution is 5.66. The fraction of sp³-hybridized carbons (Fsp3) is 0.778. The van der Waals surface area contributed by atoms with E-state index in [0.29, 0.717) is 6.54 Å². The van der Waals surface area contributed by atoms with Gasteiger partial charge in [0.2, 0.25) is 0 Å². The van der Waals surface area contributed by atoms with Gasteiger partial charge in [-0.15, -0.1) is 0 Å². The number of likely N-dealkylation sites (N-methyl/N-ethyl adjacent to an activating group) is 1. The number of carbonyl (C=O) groups is 2. The number of nitrogens with two attached hydrogens (primary N) is 1. The largest absolute Gasteiger partial charge is 0.444 e. The Morgan fingerprint density at radius 1 is 1.57 bits per heavy atom. The maximum absolute atomic E-state index is 10.8. The van der Waals surface area contributed by atoms with E-state index in [1.165, 1.54) is 0 Å². The number of rotatable bonds is 5. The molecule has 0 aliphatic carbocycles. The van der Waals surface area contributed by atoms with Crippen molar-refractivity contribution in [2.75, 3.05) is 20.6 Å². The average molecular weight is 202 g/mol. The molecule has 2 N–H and O–H groups in total. The minimum atomic E-state index is -0.855. The maximum atomic E-state index is 10.8. The first-order chi connectivity index (χ1) is 6.29. The van der Waals surface area contributed by atoms with Gasteiger partial charge in [0.1, 0.15) is 12.4 Å². The van der Waals surface area contributed by atoms with Crippen LogP contribution in [0.25, 0.3) is 0 Å². The molecule has 82 valence electrons. The van der Waals surface area contributed by atoms with Crippen LogP contribution in [-0.2, 0) is 9.53 Å². The predicted octanol–water partition coefficient (Wildman–Crippen LogP) is 0.237. The SMILES string of the molecule is CN(C)C[C@@H](OC(N)=O)C(C)(C)C=O. The van der Waals surface area contributed by atoms with E-state index < -0.39 is 17.6 Å². The number of nitrogens with zero attached hydrogens (tertiary/aromatic N) is 1. The van der Waals surface area contributed by atoms with E-state index in [-0.39, 0.29) is 0 Å². The van der Waals surface area contributed by atoms with E-state index >= 15 is 0 Å². The Kier molecular flexibility index (Phi) is 4.56. The summed E-state index contributed by atoms with van der Waals surface area (Å²) in [6, 6.07) is 0. The summed E-state index contributed by atoms with van der Waals surface area (Å²) >= 11 is 0. The monoisotopic (exact) mass is 202 g/mol. The van der Waals surface area contributed by atoms with Crippen LogP contribution >= 0.6 is 0 Å². The van der Waals surface area contributed by atoms with Gasteiger partial charge in [-0.25, -0.2) is 4.79 Å². The van der Waals surface area contributed by atoms with Gasteiger partial charge < -0.3 is 20.2 Å². The van der Waals surface area contributed by atoms with Crippen LogP contribution in [0.2, 0.25) is 0 Å². The molecule has 0 bridgehead atoms. The van der Waals surface area contributed by atoms with Crippen LogP contribution in [-0.4, -0.2) is 44.0 Å². The second kappa shape index (κ2) is 4.95. The summed E-state index contributed by atoms with van der Waals surface area (Å²) in [5, 5.41) is 0. The summed E-state index contributed by atoms with van der Waals surface area (Å²) in [5.41, 5.74) is 4.20. The van der Waals surface area contributed by atoms with Gasteiger partial charge in [-0.1, -0.05) is 0 Å². The van der Waals surface area contributed by atoms with Crippen LogP contribution in [0.1, 0.15) is 13.8 Å².